The normalized spacial score (nSPS) is 11.9. The molecule has 4 rings (SSSR count). The van der Waals surface area contributed by atoms with Crippen LogP contribution in [0.15, 0.2) is 77.6 Å². The smallest absolute Gasteiger partial charge is 0.314 e. The van der Waals surface area contributed by atoms with Gasteiger partial charge in [0.05, 0.1) is 28.3 Å². The highest BCUT2D eigenvalue weighted by molar-refractivity contribution is 6.30. The Morgan fingerprint density at radius 3 is 2.44 bits per heavy atom. The Kier molecular flexibility index (Phi) is 8.00. The summed E-state index contributed by atoms with van der Waals surface area (Å²) < 4.78 is 15.9. The van der Waals surface area contributed by atoms with Crippen molar-refractivity contribution in [3.8, 4) is 5.69 Å². The zero-order valence-corrected chi connectivity index (χ0v) is 21.0. The third-order valence-corrected chi connectivity index (χ3v) is 6.33. The molecule has 1 aromatic heterocycles. The number of benzene rings is 3. The van der Waals surface area contributed by atoms with Crippen LogP contribution in [-0.2, 0) is 0 Å². The van der Waals surface area contributed by atoms with Gasteiger partial charge in [-0.3, -0.25) is 9.36 Å². The van der Waals surface area contributed by atoms with Crippen molar-refractivity contribution in [1.82, 2.24) is 14.5 Å². The Balaban J connectivity index is 1.87. The van der Waals surface area contributed by atoms with Gasteiger partial charge in [-0.1, -0.05) is 56.1 Å². The topological polar surface area (TPSA) is 67.2 Å². The van der Waals surface area contributed by atoms with Crippen molar-refractivity contribution < 1.29 is 9.18 Å². The maximum Gasteiger partial charge on any atom is 0.322 e. The maximum atomic E-state index is 14.3. The lowest BCUT2D eigenvalue weighted by Crippen LogP contribution is -2.41. The number of nitrogens with zero attached hydrogens (tertiary/aromatic N) is 3. The number of anilines is 1. The molecule has 0 aliphatic carbocycles. The van der Waals surface area contributed by atoms with E-state index in [4.69, 9.17) is 16.6 Å². The summed E-state index contributed by atoms with van der Waals surface area (Å²) in [4.78, 5) is 33.7. The minimum absolute atomic E-state index is 0.0976. The SMILES string of the molecule is CCCCN(C(=O)Nc1ccccc1F)C(CC)c1nc2ccccc2c(=O)n1-c1ccc(Cl)cc1. The molecular formula is C28H28ClFN4O2. The Bertz CT molecular complexity index is 1420. The number of nitrogens with one attached hydrogen (secondary N) is 1. The monoisotopic (exact) mass is 506 g/mol. The van der Waals surface area contributed by atoms with Gasteiger partial charge in [0.1, 0.15) is 11.6 Å². The summed E-state index contributed by atoms with van der Waals surface area (Å²) in [5, 5.41) is 3.72. The number of rotatable bonds is 8. The van der Waals surface area contributed by atoms with Gasteiger partial charge in [0.15, 0.2) is 0 Å². The Morgan fingerprint density at radius 1 is 1.06 bits per heavy atom. The summed E-state index contributed by atoms with van der Waals surface area (Å²) in [7, 11) is 0. The molecule has 3 aromatic carbocycles. The third kappa shape index (κ3) is 5.26. The van der Waals surface area contributed by atoms with Gasteiger partial charge in [0, 0.05) is 11.6 Å². The molecule has 0 saturated heterocycles. The fourth-order valence-corrected chi connectivity index (χ4v) is 4.36. The van der Waals surface area contributed by atoms with Crippen molar-refractivity contribution in [3.63, 3.8) is 0 Å². The second kappa shape index (κ2) is 11.4. The number of fused-ring (bicyclic) bond motifs is 1. The Morgan fingerprint density at radius 2 is 1.75 bits per heavy atom. The van der Waals surface area contributed by atoms with Crippen molar-refractivity contribution in [2.24, 2.45) is 0 Å². The second-order valence-corrected chi connectivity index (χ2v) is 8.92. The first kappa shape index (κ1) is 25.4. The number of para-hydroxylation sites is 2. The summed E-state index contributed by atoms with van der Waals surface area (Å²) in [6.45, 7) is 4.39. The van der Waals surface area contributed by atoms with Gasteiger partial charge >= 0.3 is 6.03 Å². The fourth-order valence-electron chi connectivity index (χ4n) is 4.23. The van der Waals surface area contributed by atoms with Gasteiger partial charge in [-0.05, 0) is 61.4 Å². The van der Waals surface area contributed by atoms with Crippen molar-refractivity contribution in [2.75, 3.05) is 11.9 Å². The standard InChI is InChI=1S/C28H28ClFN4O2/c1-3-5-18-33(28(36)32-24-13-9-7-11-22(24)30)25(4-2)26-31-23-12-8-6-10-21(23)27(35)34(26)20-16-14-19(29)15-17-20/h6-17,25H,3-5,18H2,1-2H3,(H,32,36). The number of hydrogen-bond donors (Lipinski definition) is 1. The van der Waals surface area contributed by atoms with Gasteiger partial charge in [0.25, 0.3) is 5.56 Å². The second-order valence-electron chi connectivity index (χ2n) is 8.49. The van der Waals surface area contributed by atoms with Crippen LogP contribution in [0.2, 0.25) is 5.02 Å². The number of halogens is 2. The average Bonchev–Trinajstić information content (AvgIpc) is 2.88. The van der Waals surface area contributed by atoms with E-state index in [0.717, 1.165) is 12.8 Å². The zero-order chi connectivity index (χ0) is 25.7. The lowest BCUT2D eigenvalue weighted by molar-refractivity contribution is 0.180. The number of urea groups is 1. The van der Waals surface area contributed by atoms with Crippen molar-refractivity contribution in [2.45, 2.75) is 39.2 Å². The van der Waals surface area contributed by atoms with E-state index >= 15 is 0 Å². The van der Waals surface area contributed by atoms with E-state index in [1.807, 2.05) is 19.9 Å². The van der Waals surface area contributed by atoms with Gasteiger partial charge in [-0.2, -0.15) is 0 Å². The van der Waals surface area contributed by atoms with E-state index in [-0.39, 0.29) is 11.2 Å². The highest BCUT2D eigenvalue weighted by Gasteiger charge is 2.29. The molecule has 0 fully saturated rings. The van der Waals surface area contributed by atoms with Crippen LogP contribution >= 0.6 is 11.6 Å². The van der Waals surface area contributed by atoms with E-state index in [2.05, 4.69) is 5.32 Å². The van der Waals surface area contributed by atoms with Crippen molar-refractivity contribution in [1.29, 1.82) is 0 Å². The van der Waals surface area contributed by atoms with Crippen LogP contribution in [-0.4, -0.2) is 27.0 Å². The molecule has 186 valence electrons. The number of hydrogen-bond acceptors (Lipinski definition) is 3. The molecule has 2 amide bonds. The molecule has 4 aromatic rings. The van der Waals surface area contributed by atoms with Crippen LogP contribution in [0.4, 0.5) is 14.9 Å². The summed E-state index contributed by atoms with van der Waals surface area (Å²) in [5.74, 6) is -0.0837. The first-order chi connectivity index (χ1) is 17.4. The van der Waals surface area contributed by atoms with E-state index in [1.54, 1.807) is 64.1 Å². The number of unbranched alkanes of at least 4 members (excludes halogenated alkanes) is 1. The summed E-state index contributed by atoms with van der Waals surface area (Å²) >= 11 is 6.11. The van der Waals surface area contributed by atoms with Crippen LogP contribution in [0.3, 0.4) is 0 Å². The van der Waals surface area contributed by atoms with Gasteiger partial charge in [0.2, 0.25) is 0 Å². The predicted octanol–water partition coefficient (Wildman–Crippen LogP) is 6.96. The first-order valence-corrected chi connectivity index (χ1v) is 12.4. The van der Waals surface area contributed by atoms with Crippen LogP contribution in [0.1, 0.15) is 45.0 Å². The molecule has 1 atom stereocenters. The number of carbonyl (C=O) groups excluding carboxylic acids is 1. The van der Waals surface area contributed by atoms with E-state index in [0.29, 0.717) is 40.4 Å². The zero-order valence-electron chi connectivity index (χ0n) is 20.2. The molecule has 1 heterocycles. The van der Waals surface area contributed by atoms with Crippen molar-refractivity contribution in [3.05, 3.63) is 99.8 Å². The van der Waals surface area contributed by atoms with Crippen LogP contribution in [0.5, 0.6) is 0 Å². The van der Waals surface area contributed by atoms with Crippen LogP contribution in [0.25, 0.3) is 16.6 Å². The molecule has 0 saturated carbocycles. The molecule has 0 spiro atoms. The van der Waals surface area contributed by atoms with Crippen LogP contribution in [0, 0.1) is 5.82 Å². The lowest BCUT2D eigenvalue weighted by atomic mass is 10.1. The molecule has 36 heavy (non-hydrogen) atoms. The molecule has 6 nitrogen and oxygen atoms in total. The Labute approximate surface area is 214 Å². The van der Waals surface area contributed by atoms with E-state index < -0.39 is 17.9 Å². The molecular weight excluding hydrogens is 479 g/mol. The Hall–Kier alpha value is -3.71. The van der Waals surface area contributed by atoms with Gasteiger partial charge in [-0.25, -0.2) is 14.2 Å². The predicted molar refractivity (Wildman–Crippen MR) is 142 cm³/mol. The quantitative estimate of drug-likeness (QED) is 0.281. The van der Waals surface area contributed by atoms with E-state index in [9.17, 15) is 14.0 Å². The highest BCUT2D eigenvalue weighted by Crippen LogP contribution is 2.28. The number of amides is 2. The first-order valence-electron chi connectivity index (χ1n) is 12.0. The highest BCUT2D eigenvalue weighted by atomic mass is 35.5. The largest absolute Gasteiger partial charge is 0.322 e. The molecule has 0 radical (unpaired) electrons. The summed E-state index contributed by atoms with van der Waals surface area (Å²) in [6, 6.07) is 19.1. The summed E-state index contributed by atoms with van der Waals surface area (Å²) in [5.41, 5.74) is 1.01. The molecule has 0 bridgehead atoms. The van der Waals surface area contributed by atoms with Crippen LogP contribution < -0.4 is 10.9 Å². The molecule has 1 unspecified atom stereocenters. The van der Waals surface area contributed by atoms with E-state index in [1.165, 1.54) is 12.1 Å². The van der Waals surface area contributed by atoms with Gasteiger partial charge < -0.3 is 10.2 Å². The number of carbonyl (C=O) groups is 1. The minimum Gasteiger partial charge on any atom is -0.314 e. The lowest BCUT2D eigenvalue weighted by Gasteiger charge is -2.32. The molecule has 8 heteroatoms. The van der Waals surface area contributed by atoms with Gasteiger partial charge in [-0.15, -0.1) is 0 Å². The molecule has 0 aliphatic rings. The summed E-state index contributed by atoms with van der Waals surface area (Å²) in [6.07, 6.45) is 2.09. The maximum absolute atomic E-state index is 14.3. The minimum atomic E-state index is -0.545. The third-order valence-electron chi connectivity index (χ3n) is 6.08. The number of aromatic nitrogens is 2. The molecule has 0 aliphatic heterocycles. The fraction of sp³-hybridized carbons (Fsp3) is 0.250. The molecule has 1 N–H and O–H groups in total. The van der Waals surface area contributed by atoms with Crippen molar-refractivity contribution >= 4 is 34.2 Å². The average molecular weight is 507 g/mol.